The van der Waals surface area contributed by atoms with E-state index in [2.05, 4.69) is 34.5 Å². The third-order valence-electron chi connectivity index (χ3n) is 3.94. The number of imidazole rings is 1. The number of aromatic nitrogens is 2. The summed E-state index contributed by atoms with van der Waals surface area (Å²) in [5, 5.41) is 3.11. The molecule has 2 aromatic carbocycles. The van der Waals surface area contributed by atoms with Crippen molar-refractivity contribution < 1.29 is 4.79 Å². The molecule has 0 bridgehead atoms. The van der Waals surface area contributed by atoms with Crippen molar-refractivity contribution in [2.45, 2.75) is 19.4 Å². The van der Waals surface area contributed by atoms with Crippen molar-refractivity contribution in [1.82, 2.24) is 15.3 Å². The highest BCUT2D eigenvalue weighted by Crippen LogP contribution is 2.21. The summed E-state index contributed by atoms with van der Waals surface area (Å²) >= 11 is 1.76. The van der Waals surface area contributed by atoms with Gasteiger partial charge in [-0.05, 0) is 55.2 Å². The van der Waals surface area contributed by atoms with Crippen molar-refractivity contribution in [2.75, 3.05) is 12.0 Å². The minimum atomic E-state index is -0.127. The lowest BCUT2D eigenvalue weighted by atomic mass is 10.1. The highest BCUT2D eigenvalue weighted by Gasteiger charge is 2.19. The number of rotatable bonds is 6. The molecule has 0 saturated heterocycles. The minimum absolute atomic E-state index is 0.0710. The van der Waals surface area contributed by atoms with E-state index in [1.54, 1.807) is 11.8 Å². The Kier molecular flexibility index (Phi) is 5.20. The smallest absolute Gasteiger partial charge is 0.251 e. The van der Waals surface area contributed by atoms with Crippen LogP contribution in [0.15, 0.2) is 48.5 Å². The average molecular weight is 339 g/mol. The van der Waals surface area contributed by atoms with Crippen LogP contribution in [0.2, 0.25) is 0 Å². The first-order chi connectivity index (χ1) is 11.7. The van der Waals surface area contributed by atoms with E-state index in [1.807, 2.05) is 42.5 Å². The highest BCUT2D eigenvalue weighted by atomic mass is 32.2. The van der Waals surface area contributed by atoms with Crippen molar-refractivity contribution in [1.29, 1.82) is 0 Å². The molecule has 3 rings (SSSR count). The Labute approximate surface area is 146 Å². The van der Waals surface area contributed by atoms with E-state index < -0.39 is 0 Å². The van der Waals surface area contributed by atoms with Crippen LogP contribution >= 0.6 is 11.8 Å². The Hall–Kier alpha value is -2.27. The first kappa shape index (κ1) is 16.6. The quantitative estimate of drug-likeness (QED) is 0.711. The number of hydrogen-bond donors (Lipinski definition) is 2. The molecule has 0 radical (unpaired) electrons. The number of amides is 1. The average Bonchev–Trinajstić information content (AvgIpc) is 3.02. The van der Waals surface area contributed by atoms with Gasteiger partial charge < -0.3 is 10.3 Å². The van der Waals surface area contributed by atoms with Crippen LogP contribution in [0.25, 0.3) is 11.0 Å². The molecule has 1 heterocycles. The first-order valence-electron chi connectivity index (χ1n) is 7.98. The maximum absolute atomic E-state index is 12.5. The molecule has 3 aromatic rings. The molecule has 1 unspecified atom stereocenters. The lowest BCUT2D eigenvalue weighted by molar-refractivity contribution is 0.0934. The fraction of sp³-hybridized carbons (Fsp3) is 0.263. The Balaban J connectivity index is 1.85. The van der Waals surface area contributed by atoms with Gasteiger partial charge in [0, 0.05) is 5.56 Å². The number of fused-ring (bicyclic) bond motifs is 1. The summed E-state index contributed by atoms with van der Waals surface area (Å²) in [5.41, 5.74) is 3.79. The zero-order chi connectivity index (χ0) is 16.9. The number of carbonyl (C=O) groups excluding carboxylic acids is 1. The summed E-state index contributed by atoms with van der Waals surface area (Å²) < 4.78 is 0. The van der Waals surface area contributed by atoms with Crippen LogP contribution in [0, 0.1) is 6.92 Å². The molecule has 2 N–H and O–H groups in total. The van der Waals surface area contributed by atoms with Gasteiger partial charge in [0.2, 0.25) is 0 Å². The monoisotopic (exact) mass is 339 g/mol. The third-order valence-corrected chi connectivity index (χ3v) is 4.58. The highest BCUT2D eigenvalue weighted by molar-refractivity contribution is 7.98. The standard InChI is InChI=1S/C19H21N3OS/c1-13-8-9-15-17(12-13)21-18(20-15)16(10-11-24-2)22-19(23)14-6-4-3-5-7-14/h3-9,12,16H,10-11H2,1-2H3,(H,20,21)(H,22,23). The van der Waals surface area contributed by atoms with E-state index in [-0.39, 0.29) is 11.9 Å². The maximum atomic E-state index is 12.5. The van der Waals surface area contributed by atoms with Crippen LogP contribution in [0.1, 0.15) is 34.2 Å². The molecule has 0 aliphatic rings. The second-order valence-corrected chi connectivity index (χ2v) is 6.80. The number of aryl methyl sites for hydroxylation is 1. The van der Waals surface area contributed by atoms with Gasteiger partial charge in [-0.3, -0.25) is 4.79 Å². The van der Waals surface area contributed by atoms with E-state index in [1.165, 1.54) is 5.56 Å². The van der Waals surface area contributed by atoms with E-state index in [9.17, 15) is 4.79 Å². The number of carbonyl (C=O) groups is 1. The molecule has 1 amide bonds. The van der Waals surface area contributed by atoms with E-state index in [0.29, 0.717) is 5.56 Å². The van der Waals surface area contributed by atoms with Crippen LogP contribution in [-0.2, 0) is 0 Å². The zero-order valence-corrected chi connectivity index (χ0v) is 14.7. The summed E-state index contributed by atoms with van der Waals surface area (Å²) in [4.78, 5) is 20.5. The molecule has 1 atom stereocenters. The Bertz CT molecular complexity index is 829. The second kappa shape index (κ2) is 7.53. The van der Waals surface area contributed by atoms with Crippen molar-refractivity contribution in [3.63, 3.8) is 0 Å². The predicted molar refractivity (Wildman–Crippen MR) is 100 cm³/mol. The van der Waals surface area contributed by atoms with E-state index >= 15 is 0 Å². The predicted octanol–water partition coefficient (Wildman–Crippen LogP) is 4.10. The van der Waals surface area contributed by atoms with Crippen LogP contribution in [0.5, 0.6) is 0 Å². The number of thioether (sulfide) groups is 1. The zero-order valence-electron chi connectivity index (χ0n) is 13.9. The fourth-order valence-corrected chi connectivity index (χ4v) is 3.12. The number of benzene rings is 2. The third kappa shape index (κ3) is 3.79. The molecule has 0 saturated carbocycles. The maximum Gasteiger partial charge on any atom is 0.251 e. The molecule has 124 valence electrons. The molecule has 0 spiro atoms. The molecule has 24 heavy (non-hydrogen) atoms. The Morgan fingerprint density at radius 1 is 1.25 bits per heavy atom. The van der Waals surface area contributed by atoms with Crippen LogP contribution in [0.4, 0.5) is 0 Å². The molecule has 0 fully saturated rings. The molecule has 0 aliphatic carbocycles. The normalized spacial score (nSPS) is 12.2. The van der Waals surface area contributed by atoms with Gasteiger partial charge in [0.1, 0.15) is 5.82 Å². The van der Waals surface area contributed by atoms with Crippen molar-refractivity contribution in [3.05, 3.63) is 65.5 Å². The SMILES string of the molecule is CSCCC(NC(=O)c1ccccc1)c1nc2ccc(C)cc2[nH]1. The van der Waals surface area contributed by atoms with E-state index in [4.69, 9.17) is 0 Å². The first-order valence-corrected chi connectivity index (χ1v) is 9.38. The molecular formula is C19H21N3OS. The van der Waals surface area contributed by atoms with Crippen molar-refractivity contribution in [2.24, 2.45) is 0 Å². The number of nitrogens with zero attached hydrogens (tertiary/aromatic N) is 1. The topological polar surface area (TPSA) is 57.8 Å². The molecule has 4 nitrogen and oxygen atoms in total. The molecule has 1 aromatic heterocycles. The largest absolute Gasteiger partial charge is 0.342 e. The summed E-state index contributed by atoms with van der Waals surface area (Å²) in [7, 11) is 0. The van der Waals surface area contributed by atoms with Gasteiger partial charge in [-0.2, -0.15) is 11.8 Å². The van der Waals surface area contributed by atoms with Crippen molar-refractivity contribution >= 4 is 28.7 Å². The number of hydrogen-bond acceptors (Lipinski definition) is 3. The van der Waals surface area contributed by atoms with Gasteiger partial charge in [-0.1, -0.05) is 24.3 Å². The van der Waals surface area contributed by atoms with Crippen LogP contribution < -0.4 is 5.32 Å². The number of aromatic amines is 1. The summed E-state index contributed by atoms with van der Waals surface area (Å²) in [5.74, 6) is 1.70. The molecule has 5 heteroatoms. The molecular weight excluding hydrogens is 318 g/mol. The lowest BCUT2D eigenvalue weighted by Gasteiger charge is -2.16. The second-order valence-electron chi connectivity index (χ2n) is 5.82. The Morgan fingerprint density at radius 2 is 2.04 bits per heavy atom. The minimum Gasteiger partial charge on any atom is -0.342 e. The summed E-state index contributed by atoms with van der Waals surface area (Å²) in [6, 6.07) is 15.3. The van der Waals surface area contributed by atoms with Crippen molar-refractivity contribution in [3.8, 4) is 0 Å². The van der Waals surface area contributed by atoms with Gasteiger partial charge in [-0.15, -0.1) is 0 Å². The number of H-pyrrole nitrogens is 1. The number of nitrogens with one attached hydrogen (secondary N) is 2. The van der Waals surface area contributed by atoms with Crippen LogP contribution in [-0.4, -0.2) is 27.9 Å². The lowest BCUT2D eigenvalue weighted by Crippen LogP contribution is -2.29. The summed E-state index contributed by atoms with van der Waals surface area (Å²) in [6.07, 6.45) is 2.90. The van der Waals surface area contributed by atoms with Gasteiger partial charge in [-0.25, -0.2) is 4.98 Å². The molecule has 0 aliphatic heterocycles. The van der Waals surface area contributed by atoms with E-state index in [0.717, 1.165) is 29.0 Å². The fourth-order valence-electron chi connectivity index (χ4n) is 2.65. The van der Waals surface area contributed by atoms with Gasteiger partial charge in [0.05, 0.1) is 17.1 Å². The Morgan fingerprint density at radius 3 is 2.79 bits per heavy atom. The van der Waals surface area contributed by atoms with Gasteiger partial charge in [0.25, 0.3) is 5.91 Å². The van der Waals surface area contributed by atoms with Gasteiger partial charge >= 0.3 is 0 Å². The van der Waals surface area contributed by atoms with Crippen LogP contribution in [0.3, 0.4) is 0 Å². The summed E-state index contributed by atoms with van der Waals surface area (Å²) in [6.45, 7) is 2.06. The van der Waals surface area contributed by atoms with Gasteiger partial charge in [0.15, 0.2) is 0 Å².